The fourth-order valence-electron chi connectivity index (χ4n) is 1.12. The maximum Gasteiger partial charge on any atom is 0.416 e. The first-order valence-electron chi connectivity index (χ1n) is 3.87. The highest BCUT2D eigenvalue weighted by Gasteiger charge is 2.34. The first-order chi connectivity index (χ1) is 7.09. The van der Waals surface area contributed by atoms with Crippen LogP contribution in [0.25, 0.3) is 0 Å². The largest absolute Gasteiger partial charge is 0.416 e. The number of hydrogen-bond acceptors (Lipinski definition) is 2. The summed E-state index contributed by atoms with van der Waals surface area (Å²) in [6.45, 7) is 0. The number of benzene rings is 1. The van der Waals surface area contributed by atoms with Gasteiger partial charge in [-0.1, -0.05) is 6.07 Å². The zero-order valence-corrected chi connectivity index (χ0v) is 9.13. The Morgan fingerprint density at radius 2 is 1.81 bits per heavy atom. The topological polar surface area (TPSA) is 34.1 Å². The summed E-state index contributed by atoms with van der Waals surface area (Å²) in [5.74, 6) is -2.09. The third kappa shape index (κ3) is 3.64. The molecule has 0 aromatic heterocycles. The third-order valence-electron chi connectivity index (χ3n) is 1.71. The minimum Gasteiger partial charge on any atom is -0.212 e. The molecule has 0 atom stereocenters. The van der Waals surface area contributed by atoms with Crippen molar-refractivity contribution in [3.63, 3.8) is 0 Å². The molecule has 0 amide bonds. The van der Waals surface area contributed by atoms with Gasteiger partial charge in [-0.2, -0.15) is 13.2 Å². The number of rotatable bonds is 2. The molecule has 1 aromatic rings. The molecule has 0 saturated heterocycles. The van der Waals surface area contributed by atoms with E-state index in [9.17, 15) is 26.0 Å². The van der Waals surface area contributed by atoms with Crippen LogP contribution in [0.4, 0.5) is 17.6 Å². The molecule has 0 aliphatic rings. The van der Waals surface area contributed by atoms with Gasteiger partial charge >= 0.3 is 6.18 Å². The lowest BCUT2D eigenvalue weighted by Gasteiger charge is -2.11. The highest BCUT2D eigenvalue weighted by atomic mass is 35.7. The number of hydrogen-bond donors (Lipinski definition) is 0. The van der Waals surface area contributed by atoms with Crippen LogP contribution in [0.5, 0.6) is 0 Å². The summed E-state index contributed by atoms with van der Waals surface area (Å²) in [6.07, 6.45) is -4.82. The summed E-state index contributed by atoms with van der Waals surface area (Å²) < 4.78 is 71.2. The van der Waals surface area contributed by atoms with Crippen molar-refractivity contribution in [3.05, 3.63) is 35.1 Å². The van der Waals surface area contributed by atoms with Gasteiger partial charge in [-0.15, -0.1) is 0 Å². The van der Waals surface area contributed by atoms with Crippen molar-refractivity contribution in [3.8, 4) is 0 Å². The van der Waals surface area contributed by atoms with E-state index in [4.69, 9.17) is 10.7 Å². The normalized spacial score (nSPS) is 12.8. The standard InChI is InChI=1S/C8H5ClF4O2S/c9-16(14,15)4-5-1-2-6(10)3-7(5)8(11,12)13/h1-3H,4H2. The van der Waals surface area contributed by atoms with Crippen molar-refractivity contribution >= 4 is 19.7 Å². The summed E-state index contributed by atoms with van der Waals surface area (Å²) in [4.78, 5) is 0. The molecule has 0 spiro atoms. The van der Waals surface area contributed by atoms with Gasteiger partial charge in [0.2, 0.25) is 9.05 Å². The molecular formula is C8H5ClF4O2S. The van der Waals surface area contributed by atoms with Crippen LogP contribution in [0.15, 0.2) is 18.2 Å². The molecule has 0 fully saturated rings. The lowest BCUT2D eigenvalue weighted by atomic mass is 10.1. The quantitative estimate of drug-likeness (QED) is 0.615. The van der Waals surface area contributed by atoms with E-state index >= 15 is 0 Å². The van der Waals surface area contributed by atoms with Gasteiger partial charge in [0.15, 0.2) is 0 Å². The van der Waals surface area contributed by atoms with E-state index in [2.05, 4.69) is 0 Å². The zero-order valence-electron chi connectivity index (χ0n) is 7.55. The predicted molar refractivity (Wildman–Crippen MR) is 49.9 cm³/mol. The lowest BCUT2D eigenvalue weighted by molar-refractivity contribution is -0.138. The second kappa shape index (κ2) is 4.21. The van der Waals surface area contributed by atoms with Gasteiger partial charge in [0.05, 0.1) is 11.3 Å². The van der Waals surface area contributed by atoms with Gasteiger partial charge in [0, 0.05) is 10.7 Å². The van der Waals surface area contributed by atoms with E-state index in [0.29, 0.717) is 0 Å². The van der Waals surface area contributed by atoms with Crippen molar-refractivity contribution in [2.75, 3.05) is 0 Å². The minimum absolute atomic E-state index is 0.234. The van der Waals surface area contributed by atoms with Gasteiger partial charge in [-0.3, -0.25) is 0 Å². The molecule has 0 aliphatic carbocycles. The van der Waals surface area contributed by atoms with E-state index in [1.54, 1.807) is 0 Å². The van der Waals surface area contributed by atoms with Gasteiger partial charge in [0.1, 0.15) is 5.82 Å². The Balaban J connectivity index is 3.29. The molecular weight excluding hydrogens is 272 g/mol. The Labute approximate surface area is 93.3 Å². The van der Waals surface area contributed by atoms with Crippen LogP contribution in [0.3, 0.4) is 0 Å². The molecule has 90 valence electrons. The average molecular weight is 277 g/mol. The Kier molecular flexibility index (Phi) is 3.49. The van der Waals surface area contributed by atoms with Gasteiger partial charge < -0.3 is 0 Å². The van der Waals surface area contributed by atoms with Crippen molar-refractivity contribution < 1.29 is 26.0 Å². The zero-order chi connectivity index (χ0) is 12.6. The molecule has 2 nitrogen and oxygen atoms in total. The SMILES string of the molecule is O=S(=O)(Cl)Cc1ccc(F)cc1C(F)(F)F. The molecule has 8 heteroatoms. The van der Waals surface area contributed by atoms with Crippen LogP contribution in [-0.2, 0) is 21.0 Å². The molecule has 0 unspecified atom stereocenters. The second-order valence-electron chi connectivity index (χ2n) is 2.98. The third-order valence-corrected chi connectivity index (χ3v) is 2.69. The summed E-state index contributed by atoms with van der Waals surface area (Å²) >= 11 is 0. The molecule has 0 radical (unpaired) electrons. The van der Waals surface area contributed by atoms with E-state index < -0.39 is 37.9 Å². The van der Waals surface area contributed by atoms with Crippen LogP contribution in [0, 0.1) is 5.82 Å². The van der Waals surface area contributed by atoms with Crippen molar-refractivity contribution in [1.82, 2.24) is 0 Å². The summed E-state index contributed by atoms with van der Waals surface area (Å²) in [7, 11) is 0.718. The number of halogens is 5. The summed E-state index contributed by atoms with van der Waals surface area (Å²) in [5, 5.41) is 0. The Morgan fingerprint density at radius 3 is 2.25 bits per heavy atom. The second-order valence-corrected chi connectivity index (χ2v) is 5.76. The average Bonchev–Trinajstić information content (AvgIpc) is 2.04. The maximum atomic E-state index is 12.6. The highest BCUT2D eigenvalue weighted by molar-refractivity contribution is 8.13. The first-order valence-corrected chi connectivity index (χ1v) is 6.35. The van der Waals surface area contributed by atoms with Gasteiger partial charge in [0.25, 0.3) is 0 Å². The lowest BCUT2D eigenvalue weighted by Crippen LogP contribution is -2.11. The van der Waals surface area contributed by atoms with E-state index in [1.807, 2.05) is 0 Å². The molecule has 1 aromatic carbocycles. The van der Waals surface area contributed by atoms with Crippen LogP contribution < -0.4 is 0 Å². The van der Waals surface area contributed by atoms with Gasteiger partial charge in [-0.25, -0.2) is 12.8 Å². The highest BCUT2D eigenvalue weighted by Crippen LogP contribution is 2.33. The Hall–Kier alpha value is -0.820. The molecule has 16 heavy (non-hydrogen) atoms. The molecule has 1 rings (SSSR count). The Morgan fingerprint density at radius 1 is 1.25 bits per heavy atom. The van der Waals surface area contributed by atoms with E-state index in [0.717, 1.165) is 12.1 Å². The van der Waals surface area contributed by atoms with E-state index in [-0.39, 0.29) is 6.07 Å². The summed E-state index contributed by atoms with van der Waals surface area (Å²) in [5.41, 5.74) is -1.92. The number of alkyl halides is 3. The van der Waals surface area contributed by atoms with E-state index in [1.165, 1.54) is 0 Å². The minimum atomic E-state index is -4.82. The van der Waals surface area contributed by atoms with Gasteiger partial charge in [-0.05, 0) is 17.7 Å². The first kappa shape index (κ1) is 13.2. The predicted octanol–water partition coefficient (Wildman–Crippen LogP) is 2.91. The van der Waals surface area contributed by atoms with Crippen molar-refractivity contribution in [1.29, 1.82) is 0 Å². The molecule has 0 saturated carbocycles. The molecule has 0 N–H and O–H groups in total. The summed E-state index contributed by atoms with van der Waals surface area (Å²) in [6, 6.07) is 1.72. The monoisotopic (exact) mass is 276 g/mol. The fraction of sp³-hybridized carbons (Fsp3) is 0.250. The van der Waals surface area contributed by atoms with Crippen LogP contribution in [-0.4, -0.2) is 8.42 Å². The smallest absolute Gasteiger partial charge is 0.212 e. The van der Waals surface area contributed by atoms with Crippen molar-refractivity contribution in [2.24, 2.45) is 0 Å². The maximum absolute atomic E-state index is 12.6. The van der Waals surface area contributed by atoms with Crippen LogP contribution in [0.1, 0.15) is 11.1 Å². The van der Waals surface area contributed by atoms with Crippen LogP contribution in [0.2, 0.25) is 0 Å². The van der Waals surface area contributed by atoms with Crippen LogP contribution >= 0.6 is 10.7 Å². The van der Waals surface area contributed by atoms with Crippen molar-refractivity contribution in [2.45, 2.75) is 11.9 Å². The molecule has 0 aliphatic heterocycles. The molecule has 0 heterocycles. The Bertz CT molecular complexity index is 495. The molecule has 0 bridgehead atoms. The fourth-order valence-corrected chi connectivity index (χ4v) is 2.10.